The fourth-order valence-corrected chi connectivity index (χ4v) is 3.82. The Morgan fingerprint density at radius 2 is 2.04 bits per heavy atom. The maximum Gasteiger partial charge on any atom is 0.255 e. The summed E-state index contributed by atoms with van der Waals surface area (Å²) in [6.07, 6.45) is 2.88. The Labute approximate surface area is 141 Å². The summed E-state index contributed by atoms with van der Waals surface area (Å²) >= 11 is 1.62. The lowest BCUT2D eigenvalue weighted by Gasteiger charge is -2.27. The zero-order valence-electron chi connectivity index (χ0n) is 14.2. The van der Waals surface area contributed by atoms with E-state index >= 15 is 0 Å². The normalized spacial score (nSPS) is 14.2. The van der Waals surface area contributed by atoms with E-state index in [2.05, 4.69) is 25.5 Å². The Morgan fingerprint density at radius 3 is 2.74 bits per heavy atom. The SMILES string of the molecule is CSc1ccccc1C(=O)N1CCc2c(nc(C(C)C)n2C)C1. The summed E-state index contributed by atoms with van der Waals surface area (Å²) in [5.41, 5.74) is 3.12. The van der Waals surface area contributed by atoms with E-state index in [1.165, 1.54) is 5.69 Å². The highest BCUT2D eigenvalue weighted by molar-refractivity contribution is 7.98. The van der Waals surface area contributed by atoms with Gasteiger partial charge >= 0.3 is 0 Å². The minimum Gasteiger partial charge on any atom is -0.334 e. The molecule has 0 saturated carbocycles. The molecule has 2 heterocycles. The van der Waals surface area contributed by atoms with Gasteiger partial charge in [0.05, 0.1) is 17.8 Å². The minimum absolute atomic E-state index is 0.109. The van der Waals surface area contributed by atoms with E-state index in [1.54, 1.807) is 11.8 Å². The van der Waals surface area contributed by atoms with E-state index in [4.69, 9.17) is 4.98 Å². The first kappa shape index (κ1) is 16.1. The first-order valence-electron chi connectivity index (χ1n) is 7.99. The van der Waals surface area contributed by atoms with Crippen molar-refractivity contribution >= 4 is 17.7 Å². The van der Waals surface area contributed by atoms with Crippen molar-refractivity contribution in [2.24, 2.45) is 7.05 Å². The van der Waals surface area contributed by atoms with Gasteiger partial charge in [-0.1, -0.05) is 26.0 Å². The molecule has 1 amide bonds. The summed E-state index contributed by atoms with van der Waals surface area (Å²) in [4.78, 5) is 20.6. The number of imidazole rings is 1. The van der Waals surface area contributed by atoms with E-state index in [0.29, 0.717) is 12.5 Å². The molecule has 0 N–H and O–H groups in total. The van der Waals surface area contributed by atoms with Gasteiger partial charge < -0.3 is 9.47 Å². The van der Waals surface area contributed by atoms with Gasteiger partial charge in [-0.3, -0.25) is 4.79 Å². The minimum atomic E-state index is 0.109. The number of rotatable bonds is 3. The average Bonchev–Trinajstić information content (AvgIpc) is 2.90. The molecule has 1 aliphatic heterocycles. The number of hydrogen-bond acceptors (Lipinski definition) is 3. The summed E-state index contributed by atoms with van der Waals surface area (Å²) in [5.74, 6) is 1.61. The molecule has 3 rings (SSSR count). The molecule has 2 aromatic rings. The largest absolute Gasteiger partial charge is 0.334 e. The molecule has 122 valence electrons. The van der Waals surface area contributed by atoms with Crippen LogP contribution in [0, 0.1) is 0 Å². The second-order valence-corrected chi connectivity index (χ2v) is 7.10. The molecule has 1 aromatic carbocycles. The Hall–Kier alpha value is -1.75. The van der Waals surface area contributed by atoms with Crippen molar-refractivity contribution in [2.45, 2.75) is 37.6 Å². The topological polar surface area (TPSA) is 38.1 Å². The highest BCUT2D eigenvalue weighted by Gasteiger charge is 2.27. The molecule has 23 heavy (non-hydrogen) atoms. The molecule has 1 aromatic heterocycles. The smallest absolute Gasteiger partial charge is 0.255 e. The monoisotopic (exact) mass is 329 g/mol. The summed E-state index contributed by atoms with van der Waals surface area (Å²) < 4.78 is 2.21. The van der Waals surface area contributed by atoms with Crippen LogP contribution in [0.15, 0.2) is 29.2 Å². The van der Waals surface area contributed by atoms with Gasteiger partial charge in [-0.25, -0.2) is 4.98 Å². The van der Waals surface area contributed by atoms with Crippen molar-refractivity contribution in [3.05, 3.63) is 47.0 Å². The standard InChI is InChI=1S/C18H23N3OS/c1-12(2)17-19-14-11-21(10-9-15(14)20(17)3)18(22)13-7-5-6-8-16(13)23-4/h5-8,12H,9-11H2,1-4H3. The number of aromatic nitrogens is 2. The Bertz CT molecular complexity index is 736. The third-order valence-electron chi connectivity index (χ3n) is 4.43. The van der Waals surface area contributed by atoms with E-state index in [-0.39, 0.29) is 5.91 Å². The third kappa shape index (κ3) is 2.90. The van der Waals surface area contributed by atoms with Gasteiger partial charge in [-0.2, -0.15) is 0 Å². The van der Waals surface area contributed by atoms with Crippen LogP contribution in [0.3, 0.4) is 0 Å². The summed E-state index contributed by atoms with van der Waals surface area (Å²) in [6.45, 7) is 5.68. The van der Waals surface area contributed by atoms with Gasteiger partial charge in [-0.05, 0) is 18.4 Å². The zero-order valence-corrected chi connectivity index (χ0v) is 15.0. The van der Waals surface area contributed by atoms with Crippen LogP contribution in [0.2, 0.25) is 0 Å². The van der Waals surface area contributed by atoms with Gasteiger partial charge in [0.2, 0.25) is 0 Å². The number of carbonyl (C=O) groups excluding carboxylic acids is 1. The molecule has 1 aliphatic rings. The second kappa shape index (κ2) is 6.40. The van der Waals surface area contributed by atoms with Crippen molar-refractivity contribution in [1.82, 2.24) is 14.5 Å². The van der Waals surface area contributed by atoms with Crippen molar-refractivity contribution in [2.75, 3.05) is 12.8 Å². The van der Waals surface area contributed by atoms with Crippen LogP contribution in [0.5, 0.6) is 0 Å². The van der Waals surface area contributed by atoms with Crippen LogP contribution < -0.4 is 0 Å². The van der Waals surface area contributed by atoms with Crippen molar-refractivity contribution < 1.29 is 4.79 Å². The quantitative estimate of drug-likeness (QED) is 0.809. The Kier molecular flexibility index (Phi) is 4.48. The van der Waals surface area contributed by atoms with Crippen molar-refractivity contribution in [3.63, 3.8) is 0 Å². The lowest BCUT2D eigenvalue weighted by Crippen LogP contribution is -2.36. The van der Waals surface area contributed by atoms with Gasteiger partial charge in [-0.15, -0.1) is 11.8 Å². The van der Waals surface area contributed by atoms with Crippen LogP contribution in [0.1, 0.15) is 47.3 Å². The molecular formula is C18H23N3OS. The summed E-state index contributed by atoms with van der Waals surface area (Å²) in [7, 11) is 2.08. The van der Waals surface area contributed by atoms with E-state index in [1.807, 2.05) is 35.4 Å². The third-order valence-corrected chi connectivity index (χ3v) is 5.23. The van der Waals surface area contributed by atoms with Crippen LogP contribution in [-0.4, -0.2) is 33.2 Å². The van der Waals surface area contributed by atoms with Crippen LogP contribution in [-0.2, 0) is 20.0 Å². The first-order valence-corrected chi connectivity index (χ1v) is 9.22. The summed E-state index contributed by atoms with van der Waals surface area (Å²) in [6, 6.07) is 7.83. The number of carbonyl (C=O) groups is 1. The summed E-state index contributed by atoms with van der Waals surface area (Å²) in [5, 5.41) is 0. The number of fused-ring (bicyclic) bond motifs is 1. The molecule has 0 atom stereocenters. The molecule has 4 nitrogen and oxygen atoms in total. The van der Waals surface area contributed by atoms with E-state index < -0.39 is 0 Å². The Balaban J connectivity index is 1.87. The predicted octanol–water partition coefficient (Wildman–Crippen LogP) is 3.46. The van der Waals surface area contributed by atoms with Crippen molar-refractivity contribution in [3.8, 4) is 0 Å². The highest BCUT2D eigenvalue weighted by atomic mass is 32.2. The van der Waals surface area contributed by atoms with Gasteiger partial charge in [0, 0.05) is 36.5 Å². The van der Waals surface area contributed by atoms with Gasteiger partial charge in [0.25, 0.3) is 5.91 Å². The molecule has 0 radical (unpaired) electrons. The average molecular weight is 329 g/mol. The maximum atomic E-state index is 12.9. The maximum absolute atomic E-state index is 12.9. The second-order valence-electron chi connectivity index (χ2n) is 6.25. The number of benzene rings is 1. The first-order chi connectivity index (χ1) is 11.0. The van der Waals surface area contributed by atoms with Crippen molar-refractivity contribution in [1.29, 1.82) is 0 Å². The van der Waals surface area contributed by atoms with Gasteiger partial charge in [0.1, 0.15) is 5.82 Å². The molecular weight excluding hydrogens is 306 g/mol. The number of nitrogens with zero attached hydrogens (tertiary/aromatic N) is 3. The van der Waals surface area contributed by atoms with Crippen LogP contribution in [0.25, 0.3) is 0 Å². The molecule has 0 unspecified atom stereocenters. The molecule has 0 fully saturated rings. The molecule has 0 aliphatic carbocycles. The van der Waals surface area contributed by atoms with Gasteiger partial charge in [0.15, 0.2) is 0 Å². The molecule has 0 saturated heterocycles. The lowest BCUT2D eigenvalue weighted by atomic mass is 10.1. The van der Waals surface area contributed by atoms with E-state index in [9.17, 15) is 4.79 Å². The molecule has 5 heteroatoms. The Morgan fingerprint density at radius 1 is 1.30 bits per heavy atom. The predicted molar refractivity (Wildman–Crippen MR) is 94.0 cm³/mol. The number of hydrogen-bond donors (Lipinski definition) is 0. The molecule has 0 spiro atoms. The fourth-order valence-electron chi connectivity index (χ4n) is 3.23. The van der Waals surface area contributed by atoms with E-state index in [0.717, 1.165) is 34.9 Å². The number of amides is 1. The van der Waals surface area contributed by atoms with Crippen LogP contribution >= 0.6 is 11.8 Å². The molecule has 0 bridgehead atoms. The highest BCUT2D eigenvalue weighted by Crippen LogP contribution is 2.26. The lowest BCUT2D eigenvalue weighted by molar-refractivity contribution is 0.0727. The fraction of sp³-hybridized carbons (Fsp3) is 0.444. The zero-order chi connectivity index (χ0) is 16.6. The van der Waals surface area contributed by atoms with Crippen LogP contribution in [0.4, 0.5) is 0 Å². The number of thioether (sulfide) groups is 1.